The van der Waals surface area contributed by atoms with Gasteiger partial charge in [-0.25, -0.2) is 4.98 Å². The van der Waals surface area contributed by atoms with Crippen molar-refractivity contribution in [3.8, 4) is 0 Å². The maximum atomic E-state index is 12.7. The molecule has 1 aromatic carbocycles. The molecule has 4 rings (SSSR count). The number of amides is 1. The predicted octanol–water partition coefficient (Wildman–Crippen LogP) is 3.78. The van der Waals surface area contributed by atoms with Crippen LogP contribution in [-0.2, 0) is 23.8 Å². The summed E-state index contributed by atoms with van der Waals surface area (Å²) in [4.78, 5) is 17.4. The lowest BCUT2D eigenvalue weighted by Crippen LogP contribution is -2.41. The summed E-state index contributed by atoms with van der Waals surface area (Å²) < 4.78 is 4.38. The molecule has 142 valence electrons. The number of para-hydroxylation sites is 2. The average molecular weight is 364 g/mol. The van der Waals surface area contributed by atoms with Crippen molar-refractivity contribution in [3.05, 3.63) is 54.6 Å². The highest BCUT2D eigenvalue weighted by Crippen LogP contribution is 2.37. The molecule has 1 N–H and O–H groups in total. The Morgan fingerprint density at radius 3 is 2.59 bits per heavy atom. The molecule has 2 aromatic heterocycles. The van der Waals surface area contributed by atoms with E-state index in [9.17, 15) is 4.79 Å². The van der Waals surface area contributed by atoms with Gasteiger partial charge in [-0.2, -0.15) is 0 Å². The zero-order valence-corrected chi connectivity index (χ0v) is 16.0. The van der Waals surface area contributed by atoms with E-state index in [4.69, 9.17) is 0 Å². The summed E-state index contributed by atoms with van der Waals surface area (Å²) in [7, 11) is 2.04. The minimum Gasteiger partial charge on any atom is -0.356 e. The Labute approximate surface area is 160 Å². The van der Waals surface area contributed by atoms with E-state index in [1.807, 2.05) is 25.2 Å². The van der Waals surface area contributed by atoms with E-state index >= 15 is 0 Å². The lowest BCUT2D eigenvalue weighted by molar-refractivity contribution is -0.123. The Balaban J connectivity index is 1.38. The van der Waals surface area contributed by atoms with Gasteiger partial charge in [-0.15, -0.1) is 0 Å². The van der Waals surface area contributed by atoms with Gasteiger partial charge in [0, 0.05) is 32.4 Å². The van der Waals surface area contributed by atoms with Gasteiger partial charge in [-0.3, -0.25) is 4.79 Å². The second kappa shape index (κ2) is 7.59. The number of hydrogen-bond donors (Lipinski definition) is 1. The molecule has 0 bridgehead atoms. The second-order valence-electron chi connectivity index (χ2n) is 7.73. The molecule has 0 radical (unpaired) electrons. The van der Waals surface area contributed by atoms with Crippen molar-refractivity contribution in [1.82, 2.24) is 19.4 Å². The van der Waals surface area contributed by atoms with E-state index in [0.717, 1.165) is 36.1 Å². The Bertz CT molecular complexity index is 904. The number of benzene rings is 1. The summed E-state index contributed by atoms with van der Waals surface area (Å²) in [6, 6.07) is 12.3. The Morgan fingerprint density at radius 2 is 1.85 bits per heavy atom. The van der Waals surface area contributed by atoms with Gasteiger partial charge < -0.3 is 14.5 Å². The van der Waals surface area contributed by atoms with Gasteiger partial charge in [-0.05, 0) is 37.1 Å². The molecule has 0 aliphatic heterocycles. The van der Waals surface area contributed by atoms with Gasteiger partial charge in [0.15, 0.2) is 0 Å². The third kappa shape index (κ3) is 3.64. The van der Waals surface area contributed by atoms with Gasteiger partial charge in [-0.1, -0.05) is 31.4 Å². The molecule has 2 heterocycles. The van der Waals surface area contributed by atoms with Crippen LogP contribution in [0.2, 0.25) is 0 Å². The number of aromatic nitrogens is 3. The van der Waals surface area contributed by atoms with Gasteiger partial charge in [0.1, 0.15) is 5.82 Å². The number of carbonyl (C=O) groups excluding carboxylic acids is 1. The quantitative estimate of drug-likeness (QED) is 0.724. The Morgan fingerprint density at radius 1 is 1.11 bits per heavy atom. The van der Waals surface area contributed by atoms with Crippen LogP contribution in [0, 0.1) is 0 Å². The first-order valence-electron chi connectivity index (χ1n) is 9.98. The molecule has 0 unspecified atom stereocenters. The molecular formula is C22H28N4O. The number of carbonyl (C=O) groups is 1. The van der Waals surface area contributed by atoms with Crippen molar-refractivity contribution in [2.75, 3.05) is 6.54 Å². The van der Waals surface area contributed by atoms with Crippen molar-refractivity contribution in [2.24, 2.45) is 7.05 Å². The molecular weight excluding hydrogens is 336 g/mol. The fraction of sp³-hybridized carbons (Fsp3) is 0.455. The number of nitrogens with zero attached hydrogens (tertiary/aromatic N) is 3. The number of nitrogens with one attached hydrogen (secondary N) is 1. The van der Waals surface area contributed by atoms with Crippen molar-refractivity contribution in [1.29, 1.82) is 0 Å². The maximum absolute atomic E-state index is 12.7. The normalized spacial score (nSPS) is 16.5. The van der Waals surface area contributed by atoms with Gasteiger partial charge in [0.2, 0.25) is 5.91 Å². The van der Waals surface area contributed by atoms with E-state index in [0.29, 0.717) is 13.0 Å². The number of hydrogen-bond acceptors (Lipinski definition) is 2. The predicted molar refractivity (Wildman–Crippen MR) is 108 cm³/mol. The summed E-state index contributed by atoms with van der Waals surface area (Å²) in [6.07, 6.45) is 11.4. The molecule has 0 spiro atoms. The minimum atomic E-state index is -0.0518. The number of imidazole rings is 1. The molecule has 1 amide bonds. The highest BCUT2D eigenvalue weighted by molar-refractivity contribution is 5.77. The maximum Gasteiger partial charge on any atom is 0.222 e. The fourth-order valence-corrected chi connectivity index (χ4v) is 4.48. The lowest BCUT2D eigenvalue weighted by atomic mass is 9.78. The monoisotopic (exact) mass is 364 g/mol. The van der Waals surface area contributed by atoms with Crippen LogP contribution < -0.4 is 5.32 Å². The molecule has 1 aliphatic carbocycles. The molecule has 0 saturated heterocycles. The largest absolute Gasteiger partial charge is 0.356 e. The van der Waals surface area contributed by atoms with E-state index in [1.54, 1.807) is 0 Å². The smallest absolute Gasteiger partial charge is 0.222 e. The summed E-state index contributed by atoms with van der Waals surface area (Å²) >= 11 is 0. The molecule has 0 atom stereocenters. The summed E-state index contributed by atoms with van der Waals surface area (Å²) in [6.45, 7) is 0.623. The van der Waals surface area contributed by atoms with Gasteiger partial charge in [0.25, 0.3) is 0 Å². The third-order valence-electron chi connectivity index (χ3n) is 5.98. The first-order chi connectivity index (χ1) is 13.2. The van der Waals surface area contributed by atoms with Crippen LogP contribution in [0.5, 0.6) is 0 Å². The molecule has 5 heteroatoms. The van der Waals surface area contributed by atoms with Crippen LogP contribution in [0.15, 0.2) is 48.8 Å². The first kappa shape index (κ1) is 17.8. The molecule has 1 saturated carbocycles. The van der Waals surface area contributed by atoms with Crippen molar-refractivity contribution in [2.45, 2.75) is 50.5 Å². The number of rotatable bonds is 6. The average Bonchev–Trinajstić information content (AvgIpc) is 3.32. The molecule has 1 aliphatic rings. The van der Waals surface area contributed by atoms with Crippen molar-refractivity contribution in [3.63, 3.8) is 0 Å². The molecule has 27 heavy (non-hydrogen) atoms. The first-order valence-corrected chi connectivity index (χ1v) is 9.98. The molecule has 5 nitrogen and oxygen atoms in total. The highest BCUT2D eigenvalue weighted by atomic mass is 16.1. The molecule has 3 aromatic rings. The zero-order valence-electron chi connectivity index (χ0n) is 16.0. The number of aryl methyl sites for hydroxylation is 1. The van der Waals surface area contributed by atoms with E-state index < -0.39 is 0 Å². The van der Waals surface area contributed by atoms with Crippen LogP contribution in [0.4, 0.5) is 0 Å². The second-order valence-corrected chi connectivity index (χ2v) is 7.73. The van der Waals surface area contributed by atoms with Gasteiger partial charge >= 0.3 is 0 Å². The SMILES string of the molecule is Cn1c(CCNC(=O)CC2(n3cccc3)CCCCC2)nc2ccccc21. The lowest BCUT2D eigenvalue weighted by Gasteiger charge is -2.38. The minimum absolute atomic E-state index is 0.0518. The Hall–Kier alpha value is -2.56. The van der Waals surface area contributed by atoms with Gasteiger partial charge in [0.05, 0.1) is 23.0 Å². The molecule has 1 fully saturated rings. The van der Waals surface area contributed by atoms with E-state index in [-0.39, 0.29) is 11.4 Å². The van der Waals surface area contributed by atoms with Crippen LogP contribution in [0.25, 0.3) is 11.0 Å². The van der Waals surface area contributed by atoms with Crippen molar-refractivity contribution >= 4 is 16.9 Å². The number of fused-ring (bicyclic) bond motifs is 1. The third-order valence-corrected chi connectivity index (χ3v) is 5.98. The van der Waals surface area contributed by atoms with Crippen molar-refractivity contribution < 1.29 is 4.79 Å². The summed E-state index contributed by atoms with van der Waals surface area (Å²) in [5.41, 5.74) is 2.09. The van der Waals surface area contributed by atoms with E-state index in [1.165, 1.54) is 19.3 Å². The van der Waals surface area contributed by atoms with Crippen LogP contribution in [-0.4, -0.2) is 26.6 Å². The van der Waals surface area contributed by atoms with Crippen LogP contribution in [0.1, 0.15) is 44.3 Å². The topological polar surface area (TPSA) is 51.9 Å². The zero-order chi connectivity index (χ0) is 18.7. The van der Waals surface area contributed by atoms with E-state index in [2.05, 4.69) is 50.0 Å². The fourth-order valence-electron chi connectivity index (χ4n) is 4.48. The summed E-state index contributed by atoms with van der Waals surface area (Å²) in [5.74, 6) is 1.15. The summed E-state index contributed by atoms with van der Waals surface area (Å²) in [5, 5.41) is 3.13. The van der Waals surface area contributed by atoms with Crippen LogP contribution >= 0.6 is 0 Å². The highest BCUT2D eigenvalue weighted by Gasteiger charge is 2.35. The standard InChI is InChI=1S/C22H28N4O/c1-25-19-10-4-3-9-18(19)24-20(25)11-14-23-21(27)17-22(12-5-2-6-13-22)26-15-7-8-16-26/h3-4,7-10,15-16H,2,5-6,11-14,17H2,1H3,(H,23,27). The Kier molecular flexibility index (Phi) is 5.01. The van der Waals surface area contributed by atoms with Crippen LogP contribution in [0.3, 0.4) is 0 Å².